The van der Waals surface area contributed by atoms with Gasteiger partial charge >= 0.3 is 0 Å². The van der Waals surface area contributed by atoms with E-state index in [1.54, 1.807) is 6.20 Å². The lowest BCUT2D eigenvalue weighted by Crippen LogP contribution is -2.33. The fourth-order valence-corrected chi connectivity index (χ4v) is 2.58. The summed E-state index contributed by atoms with van der Waals surface area (Å²) in [6, 6.07) is 3.49. The molecule has 0 saturated carbocycles. The molecule has 0 spiro atoms. The number of anilines is 3. The van der Waals surface area contributed by atoms with E-state index in [1.807, 2.05) is 13.8 Å². The molecule has 3 N–H and O–H groups in total. The first-order chi connectivity index (χ1) is 14.3. The number of hydrogen-bond donors (Lipinski definition) is 3. The van der Waals surface area contributed by atoms with Gasteiger partial charge in [0, 0.05) is 24.3 Å². The van der Waals surface area contributed by atoms with E-state index in [9.17, 15) is 18.0 Å². The van der Waals surface area contributed by atoms with Crippen molar-refractivity contribution >= 4 is 23.4 Å². The quantitative estimate of drug-likeness (QED) is 0.520. The summed E-state index contributed by atoms with van der Waals surface area (Å²) in [5.74, 6) is -2.64. The van der Waals surface area contributed by atoms with Gasteiger partial charge in [-0.15, -0.1) is 0 Å². The van der Waals surface area contributed by atoms with Gasteiger partial charge in [-0.3, -0.25) is 9.48 Å². The summed E-state index contributed by atoms with van der Waals surface area (Å²) in [5, 5.41) is 12.2. The van der Waals surface area contributed by atoms with E-state index in [0.29, 0.717) is 5.69 Å². The molecule has 30 heavy (non-hydrogen) atoms. The molecule has 158 valence electrons. The van der Waals surface area contributed by atoms with Crippen molar-refractivity contribution in [3.63, 3.8) is 0 Å². The Balaban J connectivity index is 1.66. The second-order valence-electron chi connectivity index (χ2n) is 6.72. The van der Waals surface area contributed by atoms with Gasteiger partial charge in [-0.25, -0.2) is 18.2 Å². The molecule has 0 bridgehead atoms. The van der Waals surface area contributed by atoms with Crippen LogP contribution in [-0.4, -0.2) is 31.7 Å². The largest absolute Gasteiger partial charge is 0.363 e. The minimum atomic E-state index is -0.779. The number of amides is 1. The third-order valence-corrected chi connectivity index (χ3v) is 3.88. The molecule has 0 aliphatic rings. The maximum atomic E-state index is 14.0. The Morgan fingerprint density at radius 2 is 1.87 bits per heavy atom. The minimum Gasteiger partial charge on any atom is -0.363 e. The van der Waals surface area contributed by atoms with E-state index in [0.717, 1.165) is 18.3 Å². The predicted octanol–water partition coefficient (Wildman–Crippen LogP) is 2.97. The number of carbonyl (C=O) groups excluding carboxylic acids is 1. The van der Waals surface area contributed by atoms with Crippen molar-refractivity contribution in [1.82, 2.24) is 25.1 Å². The van der Waals surface area contributed by atoms with Crippen molar-refractivity contribution in [1.29, 1.82) is 0 Å². The zero-order chi connectivity index (χ0) is 21.7. The molecular formula is C19H20F3N7O. The summed E-state index contributed by atoms with van der Waals surface area (Å²) in [7, 11) is 0. The van der Waals surface area contributed by atoms with Gasteiger partial charge < -0.3 is 16.0 Å². The van der Waals surface area contributed by atoms with Gasteiger partial charge in [-0.2, -0.15) is 10.1 Å². The van der Waals surface area contributed by atoms with Gasteiger partial charge in [0.05, 0.1) is 18.1 Å². The van der Waals surface area contributed by atoms with E-state index in [2.05, 4.69) is 31.0 Å². The molecule has 0 aliphatic heterocycles. The smallest absolute Gasteiger partial charge is 0.241 e. The Hall–Kier alpha value is -3.63. The number of aromatic nitrogens is 4. The van der Waals surface area contributed by atoms with Crippen molar-refractivity contribution < 1.29 is 18.0 Å². The third kappa shape index (κ3) is 5.46. The van der Waals surface area contributed by atoms with Gasteiger partial charge in [0.15, 0.2) is 11.6 Å². The van der Waals surface area contributed by atoms with Crippen molar-refractivity contribution in [2.75, 3.05) is 10.6 Å². The maximum absolute atomic E-state index is 14.0. The van der Waals surface area contributed by atoms with Crippen LogP contribution in [0.3, 0.4) is 0 Å². The van der Waals surface area contributed by atoms with Gasteiger partial charge in [0.1, 0.15) is 18.2 Å². The topological polar surface area (TPSA) is 96.8 Å². The Labute approximate surface area is 170 Å². The first kappa shape index (κ1) is 21.1. The number of halogens is 3. The van der Waals surface area contributed by atoms with E-state index < -0.39 is 17.5 Å². The Kier molecular flexibility index (Phi) is 6.50. The highest BCUT2D eigenvalue weighted by molar-refractivity contribution is 5.76. The summed E-state index contributed by atoms with van der Waals surface area (Å²) in [5.41, 5.74) is 0.246. The monoisotopic (exact) mass is 419 g/mol. The lowest BCUT2D eigenvalue weighted by Gasteiger charge is -2.10. The number of rotatable bonds is 8. The predicted molar refractivity (Wildman–Crippen MR) is 104 cm³/mol. The van der Waals surface area contributed by atoms with Crippen molar-refractivity contribution in [3.8, 4) is 0 Å². The molecule has 3 aromatic rings. The minimum absolute atomic E-state index is 0.0158. The molecule has 0 fully saturated rings. The van der Waals surface area contributed by atoms with E-state index in [4.69, 9.17) is 0 Å². The molecular weight excluding hydrogens is 399 g/mol. The molecule has 8 nitrogen and oxygen atoms in total. The molecule has 0 radical (unpaired) electrons. The highest BCUT2D eigenvalue weighted by Gasteiger charge is 2.12. The van der Waals surface area contributed by atoms with Gasteiger partial charge in [0.2, 0.25) is 11.9 Å². The zero-order valence-corrected chi connectivity index (χ0v) is 16.3. The Morgan fingerprint density at radius 1 is 1.13 bits per heavy atom. The lowest BCUT2D eigenvalue weighted by atomic mass is 10.2. The van der Waals surface area contributed by atoms with Crippen LogP contribution in [0, 0.1) is 17.5 Å². The lowest BCUT2D eigenvalue weighted by molar-refractivity contribution is -0.122. The molecule has 2 aromatic heterocycles. The van der Waals surface area contributed by atoms with Gasteiger partial charge in [-0.05, 0) is 26.0 Å². The zero-order valence-electron chi connectivity index (χ0n) is 16.3. The normalized spacial score (nSPS) is 10.9. The van der Waals surface area contributed by atoms with Gasteiger partial charge in [0.25, 0.3) is 0 Å². The fourth-order valence-electron chi connectivity index (χ4n) is 2.58. The van der Waals surface area contributed by atoms with Crippen LogP contribution >= 0.6 is 0 Å². The molecule has 0 saturated heterocycles. The average Bonchev–Trinajstić information content (AvgIpc) is 3.09. The van der Waals surface area contributed by atoms with Crippen molar-refractivity contribution in [2.45, 2.75) is 33.0 Å². The van der Waals surface area contributed by atoms with Crippen LogP contribution in [0.5, 0.6) is 0 Å². The fraction of sp³-hybridized carbons (Fsp3) is 0.263. The average molecular weight is 419 g/mol. The SMILES string of the molecule is CC(C)NC(=O)Cn1cc(Nc2ncc(F)c(NCc3c(F)cccc3F)n2)cn1. The van der Waals surface area contributed by atoms with Crippen molar-refractivity contribution in [2.24, 2.45) is 0 Å². The maximum Gasteiger partial charge on any atom is 0.241 e. The molecule has 11 heteroatoms. The Morgan fingerprint density at radius 3 is 2.57 bits per heavy atom. The van der Waals surface area contributed by atoms with Crippen LogP contribution in [0.25, 0.3) is 0 Å². The number of benzene rings is 1. The van der Waals surface area contributed by atoms with E-state index in [-0.39, 0.29) is 42.4 Å². The van der Waals surface area contributed by atoms with Crippen LogP contribution in [-0.2, 0) is 17.9 Å². The van der Waals surface area contributed by atoms with E-state index >= 15 is 0 Å². The van der Waals surface area contributed by atoms with Crippen LogP contribution < -0.4 is 16.0 Å². The summed E-state index contributed by atoms with van der Waals surface area (Å²) >= 11 is 0. The molecule has 1 aromatic carbocycles. The highest BCUT2D eigenvalue weighted by Crippen LogP contribution is 2.18. The molecule has 0 atom stereocenters. The number of hydrogen-bond acceptors (Lipinski definition) is 6. The van der Waals surface area contributed by atoms with Crippen LogP contribution in [0.15, 0.2) is 36.8 Å². The van der Waals surface area contributed by atoms with E-state index in [1.165, 1.54) is 16.9 Å². The molecule has 0 unspecified atom stereocenters. The number of nitrogens with one attached hydrogen (secondary N) is 3. The second kappa shape index (κ2) is 9.25. The summed E-state index contributed by atoms with van der Waals surface area (Å²) < 4.78 is 42.9. The van der Waals surface area contributed by atoms with Crippen LogP contribution in [0.2, 0.25) is 0 Å². The second-order valence-corrected chi connectivity index (χ2v) is 6.72. The summed E-state index contributed by atoms with van der Waals surface area (Å²) in [4.78, 5) is 19.6. The third-order valence-electron chi connectivity index (χ3n) is 3.88. The number of carbonyl (C=O) groups is 1. The van der Waals surface area contributed by atoms with Crippen LogP contribution in [0.1, 0.15) is 19.4 Å². The van der Waals surface area contributed by atoms with Crippen molar-refractivity contribution in [3.05, 3.63) is 59.8 Å². The highest BCUT2D eigenvalue weighted by atomic mass is 19.1. The molecule has 2 heterocycles. The standard InChI is InChI=1S/C19H20F3N7O/c1-11(2)26-17(30)10-29-9-12(6-25-29)27-19-24-8-16(22)18(28-19)23-7-13-14(20)4-3-5-15(13)21/h3-6,8-9,11H,7,10H2,1-2H3,(H,26,30)(H2,23,24,27,28). The first-order valence-electron chi connectivity index (χ1n) is 9.10. The summed E-state index contributed by atoms with van der Waals surface area (Å²) in [6.07, 6.45) is 3.95. The van der Waals surface area contributed by atoms with Crippen LogP contribution in [0.4, 0.5) is 30.6 Å². The Bertz CT molecular complexity index is 1020. The van der Waals surface area contributed by atoms with Gasteiger partial charge in [-0.1, -0.05) is 6.07 Å². The molecule has 0 aliphatic carbocycles. The molecule has 1 amide bonds. The number of nitrogens with zero attached hydrogens (tertiary/aromatic N) is 4. The molecule has 3 rings (SSSR count). The first-order valence-corrected chi connectivity index (χ1v) is 9.10. The summed E-state index contributed by atoms with van der Waals surface area (Å²) in [6.45, 7) is 3.44.